The molecule has 0 aliphatic carbocycles. The van der Waals surface area contributed by atoms with Gasteiger partial charge in [0.05, 0.1) is 24.1 Å². The van der Waals surface area contributed by atoms with Crippen LogP contribution in [0.1, 0.15) is 44.9 Å². The summed E-state index contributed by atoms with van der Waals surface area (Å²) in [6.45, 7) is 4.37. The first kappa shape index (κ1) is 18.3. The molecule has 8 heteroatoms. The van der Waals surface area contributed by atoms with Gasteiger partial charge in [-0.25, -0.2) is 15.0 Å². The third kappa shape index (κ3) is 3.38. The quantitative estimate of drug-likeness (QED) is 0.861. The number of aromatic nitrogens is 4. The molecule has 1 N–H and O–H groups in total. The summed E-state index contributed by atoms with van der Waals surface area (Å²) < 4.78 is 13.6. The molecule has 3 aliphatic rings. The molecule has 5 rings (SSSR count). The molecule has 0 saturated carbocycles. The maximum absolute atomic E-state index is 10.9. The topological polar surface area (TPSA) is 85.5 Å². The Morgan fingerprint density at radius 1 is 1.00 bits per heavy atom. The molecule has 0 amide bonds. The molecule has 1 unspecified atom stereocenters. The molecule has 8 nitrogen and oxygen atoms in total. The van der Waals surface area contributed by atoms with Gasteiger partial charge in [0.1, 0.15) is 6.33 Å². The van der Waals surface area contributed by atoms with E-state index in [0.717, 1.165) is 62.4 Å². The van der Waals surface area contributed by atoms with Crippen molar-refractivity contribution < 1.29 is 14.6 Å². The van der Waals surface area contributed by atoms with Gasteiger partial charge in [-0.05, 0) is 32.1 Å². The minimum absolute atomic E-state index is 0.0341. The summed E-state index contributed by atoms with van der Waals surface area (Å²) in [6, 6.07) is 0. The fourth-order valence-corrected chi connectivity index (χ4v) is 4.95. The molecule has 3 fully saturated rings. The number of ether oxygens (including phenoxy) is 2. The van der Waals surface area contributed by atoms with Crippen LogP contribution in [0.25, 0.3) is 11.2 Å². The van der Waals surface area contributed by atoms with Gasteiger partial charge in [0.25, 0.3) is 0 Å². The van der Waals surface area contributed by atoms with Crippen molar-refractivity contribution in [1.29, 1.82) is 0 Å². The van der Waals surface area contributed by atoms with E-state index in [1.54, 1.807) is 12.7 Å². The lowest BCUT2D eigenvalue weighted by molar-refractivity contribution is -0.0847. The predicted molar refractivity (Wildman–Crippen MR) is 104 cm³/mol. The molecule has 2 aromatic heterocycles. The first-order valence-electron chi connectivity index (χ1n) is 10.5. The average molecular weight is 387 g/mol. The smallest absolute Gasteiger partial charge is 0.165 e. The molecular weight excluding hydrogens is 358 g/mol. The van der Waals surface area contributed by atoms with Crippen LogP contribution in [0.2, 0.25) is 0 Å². The third-order valence-electron chi connectivity index (χ3n) is 6.54. The molecule has 1 spiro atoms. The van der Waals surface area contributed by atoms with Crippen molar-refractivity contribution >= 4 is 17.0 Å². The molecule has 5 heterocycles. The largest absolute Gasteiger partial charge is 0.388 e. The van der Waals surface area contributed by atoms with Crippen LogP contribution in [-0.4, -0.2) is 68.7 Å². The molecule has 2 aromatic rings. The number of anilines is 1. The monoisotopic (exact) mass is 387 g/mol. The Kier molecular flexibility index (Phi) is 4.72. The zero-order valence-electron chi connectivity index (χ0n) is 16.3. The molecule has 3 aliphatic heterocycles. The van der Waals surface area contributed by atoms with Gasteiger partial charge in [-0.2, -0.15) is 0 Å². The molecule has 0 aromatic carbocycles. The number of nitrogens with zero attached hydrogens (tertiary/aromatic N) is 5. The average Bonchev–Trinajstić information content (AvgIpc) is 3.11. The van der Waals surface area contributed by atoms with E-state index in [1.807, 2.05) is 4.57 Å². The number of hydrogen-bond acceptors (Lipinski definition) is 7. The van der Waals surface area contributed by atoms with Crippen LogP contribution < -0.4 is 4.90 Å². The molecule has 3 saturated heterocycles. The fraction of sp³-hybridized carbons (Fsp3) is 0.750. The van der Waals surface area contributed by atoms with E-state index in [-0.39, 0.29) is 5.60 Å². The van der Waals surface area contributed by atoms with Crippen molar-refractivity contribution in [1.82, 2.24) is 19.5 Å². The lowest BCUT2D eigenvalue weighted by atomic mass is 9.86. The SMILES string of the molecule is OC1(Cn2cnc3c(N4CCCC5(CCCCO5)C4)ncnc32)CCOCC1. The first-order chi connectivity index (χ1) is 13.7. The van der Waals surface area contributed by atoms with Crippen LogP contribution in [0.4, 0.5) is 5.82 Å². The number of rotatable bonds is 3. The number of hydrogen-bond donors (Lipinski definition) is 1. The minimum atomic E-state index is -0.762. The lowest BCUT2D eigenvalue weighted by Crippen LogP contribution is -2.51. The van der Waals surface area contributed by atoms with Crippen LogP contribution in [0.3, 0.4) is 0 Å². The van der Waals surface area contributed by atoms with Crippen molar-refractivity contribution in [2.75, 3.05) is 37.8 Å². The summed E-state index contributed by atoms with van der Waals surface area (Å²) >= 11 is 0. The molecule has 1 atom stereocenters. The highest BCUT2D eigenvalue weighted by molar-refractivity contribution is 5.83. The summed E-state index contributed by atoms with van der Waals surface area (Å²) in [6.07, 6.45) is 10.4. The summed E-state index contributed by atoms with van der Waals surface area (Å²) in [7, 11) is 0. The van der Waals surface area contributed by atoms with E-state index < -0.39 is 5.60 Å². The van der Waals surface area contributed by atoms with Crippen molar-refractivity contribution in [3.63, 3.8) is 0 Å². The zero-order chi connectivity index (χ0) is 19.0. The van der Waals surface area contributed by atoms with Crippen molar-refractivity contribution in [2.45, 2.75) is 62.7 Å². The van der Waals surface area contributed by atoms with E-state index in [9.17, 15) is 5.11 Å². The number of piperidine rings is 1. The summed E-state index contributed by atoms with van der Waals surface area (Å²) in [4.78, 5) is 16.0. The Labute approximate surface area is 164 Å². The van der Waals surface area contributed by atoms with Crippen LogP contribution in [0.15, 0.2) is 12.7 Å². The van der Waals surface area contributed by atoms with E-state index in [4.69, 9.17) is 9.47 Å². The van der Waals surface area contributed by atoms with E-state index >= 15 is 0 Å². The van der Waals surface area contributed by atoms with Gasteiger partial charge >= 0.3 is 0 Å². The number of imidazole rings is 1. The van der Waals surface area contributed by atoms with Crippen molar-refractivity contribution in [3.05, 3.63) is 12.7 Å². The standard InChI is InChI=1S/C20H29N5O3/c26-19(6-10-27-11-7-19)12-25-15-23-16-17(21-14-22-18(16)25)24-8-3-5-20(13-24)4-1-2-9-28-20/h14-15,26H,1-13H2. The van der Waals surface area contributed by atoms with E-state index in [2.05, 4.69) is 19.9 Å². The molecule has 0 bridgehead atoms. The van der Waals surface area contributed by atoms with E-state index in [1.165, 1.54) is 6.42 Å². The highest BCUT2D eigenvalue weighted by Crippen LogP contribution is 2.36. The van der Waals surface area contributed by atoms with Gasteiger partial charge in [-0.3, -0.25) is 0 Å². The Bertz CT molecular complexity index is 821. The summed E-state index contributed by atoms with van der Waals surface area (Å²) in [5, 5.41) is 10.9. The number of aliphatic hydroxyl groups is 1. The normalized spacial score (nSPS) is 28.1. The highest BCUT2D eigenvalue weighted by atomic mass is 16.5. The molecule has 28 heavy (non-hydrogen) atoms. The maximum atomic E-state index is 10.9. The molecular formula is C20H29N5O3. The fourth-order valence-electron chi connectivity index (χ4n) is 4.95. The van der Waals surface area contributed by atoms with Crippen LogP contribution in [-0.2, 0) is 16.0 Å². The Morgan fingerprint density at radius 2 is 1.86 bits per heavy atom. The lowest BCUT2D eigenvalue weighted by Gasteiger charge is -2.45. The van der Waals surface area contributed by atoms with E-state index in [0.29, 0.717) is 32.6 Å². The second-order valence-electron chi connectivity index (χ2n) is 8.59. The summed E-state index contributed by atoms with van der Waals surface area (Å²) in [5.41, 5.74) is 0.801. The van der Waals surface area contributed by atoms with Crippen LogP contribution in [0.5, 0.6) is 0 Å². The van der Waals surface area contributed by atoms with Gasteiger partial charge in [-0.15, -0.1) is 0 Å². The Balaban J connectivity index is 1.42. The maximum Gasteiger partial charge on any atom is 0.165 e. The van der Waals surface area contributed by atoms with Gasteiger partial charge in [0, 0.05) is 45.8 Å². The minimum Gasteiger partial charge on any atom is -0.388 e. The van der Waals surface area contributed by atoms with Gasteiger partial charge in [-0.1, -0.05) is 0 Å². The second kappa shape index (κ2) is 7.24. The Morgan fingerprint density at radius 3 is 2.68 bits per heavy atom. The number of fused-ring (bicyclic) bond motifs is 1. The molecule has 152 valence electrons. The zero-order valence-corrected chi connectivity index (χ0v) is 16.3. The van der Waals surface area contributed by atoms with Crippen LogP contribution in [0, 0.1) is 0 Å². The van der Waals surface area contributed by atoms with Crippen molar-refractivity contribution in [2.24, 2.45) is 0 Å². The van der Waals surface area contributed by atoms with Gasteiger partial charge < -0.3 is 24.0 Å². The van der Waals surface area contributed by atoms with Gasteiger partial charge in [0.15, 0.2) is 17.0 Å². The Hall–Kier alpha value is -1.77. The predicted octanol–water partition coefficient (Wildman–Crippen LogP) is 1.91. The van der Waals surface area contributed by atoms with Crippen LogP contribution >= 0.6 is 0 Å². The third-order valence-corrected chi connectivity index (χ3v) is 6.54. The summed E-state index contributed by atoms with van der Waals surface area (Å²) in [5.74, 6) is 0.885. The van der Waals surface area contributed by atoms with Gasteiger partial charge in [0.2, 0.25) is 0 Å². The first-order valence-corrected chi connectivity index (χ1v) is 10.5. The highest BCUT2D eigenvalue weighted by Gasteiger charge is 2.39. The van der Waals surface area contributed by atoms with Crippen molar-refractivity contribution in [3.8, 4) is 0 Å². The molecule has 0 radical (unpaired) electrons. The second-order valence-corrected chi connectivity index (χ2v) is 8.59.